The number of rotatable bonds is 3. The first kappa shape index (κ1) is 23.6. The monoisotopic (exact) mass is 511 g/mol. The van der Waals surface area contributed by atoms with Gasteiger partial charge in [0.2, 0.25) is 5.91 Å². The molecule has 2 aromatic rings. The highest BCUT2D eigenvalue weighted by Gasteiger charge is 2.35. The molecule has 1 fully saturated rings. The van der Waals surface area contributed by atoms with Gasteiger partial charge in [0.25, 0.3) is 0 Å². The molecule has 0 saturated heterocycles. The zero-order chi connectivity index (χ0) is 23.0. The van der Waals surface area contributed by atoms with Crippen molar-refractivity contribution in [2.24, 2.45) is 5.92 Å². The van der Waals surface area contributed by atoms with Gasteiger partial charge in [-0.2, -0.15) is 26.3 Å². The fourth-order valence-corrected chi connectivity index (χ4v) is 4.39. The molecule has 0 bridgehead atoms. The van der Waals surface area contributed by atoms with Crippen LogP contribution in [0.15, 0.2) is 40.9 Å². The lowest BCUT2D eigenvalue weighted by Crippen LogP contribution is -2.28. The van der Waals surface area contributed by atoms with Crippen molar-refractivity contribution in [3.63, 3.8) is 0 Å². The zero-order valence-corrected chi connectivity index (χ0v) is 17.5. The predicted octanol–water partition coefficient (Wildman–Crippen LogP) is 7.54. The van der Waals surface area contributed by atoms with Gasteiger partial charge in [0.05, 0.1) is 16.8 Å². The maximum atomic E-state index is 14.0. The molecule has 1 N–H and O–H groups in total. The Labute approximate surface area is 182 Å². The minimum Gasteiger partial charge on any atom is -0.323 e. The fraction of sp³-hybridized carbons (Fsp3) is 0.381. The Morgan fingerprint density at radius 1 is 0.968 bits per heavy atom. The fourth-order valence-electron chi connectivity index (χ4n) is 3.77. The van der Waals surface area contributed by atoms with Crippen LogP contribution in [0.1, 0.15) is 48.3 Å². The quantitative estimate of drug-likeness (QED) is 0.423. The van der Waals surface area contributed by atoms with E-state index in [1.54, 1.807) is 0 Å². The lowest BCUT2D eigenvalue weighted by molar-refractivity contribution is -0.138. The number of carbonyl (C=O) groups excluding carboxylic acids is 1. The smallest absolute Gasteiger partial charge is 0.323 e. The van der Waals surface area contributed by atoms with Crippen molar-refractivity contribution in [2.75, 3.05) is 5.32 Å². The average Bonchev–Trinajstić information content (AvgIpc) is 2.67. The highest BCUT2D eigenvalue weighted by molar-refractivity contribution is 9.10. The van der Waals surface area contributed by atoms with Gasteiger partial charge in [0, 0.05) is 10.4 Å². The summed E-state index contributed by atoms with van der Waals surface area (Å²) in [5, 5.41) is 2.33. The molecule has 0 aromatic heterocycles. The van der Waals surface area contributed by atoms with Gasteiger partial charge in [-0.1, -0.05) is 28.4 Å². The van der Waals surface area contributed by atoms with E-state index in [1.165, 1.54) is 12.1 Å². The van der Waals surface area contributed by atoms with Gasteiger partial charge < -0.3 is 5.32 Å². The number of nitrogens with one attached hydrogen (secondary N) is 1. The second-order valence-corrected chi connectivity index (χ2v) is 8.33. The van der Waals surface area contributed by atoms with Gasteiger partial charge in [-0.3, -0.25) is 4.79 Å². The summed E-state index contributed by atoms with van der Waals surface area (Å²) in [7, 11) is 0. The number of benzene rings is 2. The van der Waals surface area contributed by atoms with Gasteiger partial charge in [-0.25, -0.2) is 4.39 Å². The normalized spacial score (nSPS) is 19.9. The van der Waals surface area contributed by atoms with Crippen molar-refractivity contribution < 1.29 is 35.5 Å². The van der Waals surface area contributed by atoms with Gasteiger partial charge in [-0.05, 0) is 61.1 Å². The number of amides is 1. The van der Waals surface area contributed by atoms with Crippen molar-refractivity contribution in [3.8, 4) is 0 Å². The molecule has 31 heavy (non-hydrogen) atoms. The Kier molecular flexibility index (Phi) is 6.69. The molecule has 1 amide bonds. The van der Waals surface area contributed by atoms with Crippen LogP contribution in [-0.4, -0.2) is 5.91 Å². The molecule has 0 aliphatic heterocycles. The summed E-state index contributed by atoms with van der Waals surface area (Å²) in [6.45, 7) is 0. The van der Waals surface area contributed by atoms with Crippen LogP contribution in [-0.2, 0) is 17.1 Å². The molecule has 2 nitrogen and oxygen atoms in total. The molecule has 10 heteroatoms. The Morgan fingerprint density at radius 2 is 1.68 bits per heavy atom. The summed E-state index contributed by atoms with van der Waals surface area (Å²) in [5.74, 6) is -2.43. The molecule has 0 spiro atoms. The summed E-state index contributed by atoms with van der Waals surface area (Å²) < 4.78 is 90.7. The third-order valence-electron chi connectivity index (χ3n) is 5.37. The van der Waals surface area contributed by atoms with E-state index in [4.69, 9.17) is 0 Å². The molecule has 0 heterocycles. The third-order valence-corrected chi connectivity index (χ3v) is 6.03. The van der Waals surface area contributed by atoms with Crippen molar-refractivity contribution in [3.05, 3.63) is 63.4 Å². The van der Waals surface area contributed by atoms with E-state index in [1.807, 2.05) is 0 Å². The minimum absolute atomic E-state index is 0.0871. The maximum absolute atomic E-state index is 14.0. The Morgan fingerprint density at radius 3 is 2.26 bits per heavy atom. The number of anilines is 1. The lowest BCUT2D eigenvalue weighted by Gasteiger charge is -2.29. The molecule has 2 atom stereocenters. The molecule has 2 unspecified atom stereocenters. The summed E-state index contributed by atoms with van der Waals surface area (Å²) in [6, 6.07) is 5.63. The van der Waals surface area contributed by atoms with Crippen LogP contribution in [0.3, 0.4) is 0 Å². The Bertz CT molecular complexity index is 971. The van der Waals surface area contributed by atoms with E-state index < -0.39 is 41.1 Å². The van der Waals surface area contributed by atoms with Crippen LogP contribution in [0.25, 0.3) is 0 Å². The van der Waals surface area contributed by atoms with E-state index in [2.05, 4.69) is 21.2 Å². The van der Waals surface area contributed by atoms with Crippen LogP contribution in [0.2, 0.25) is 0 Å². The molecule has 1 saturated carbocycles. The molecule has 2 aromatic carbocycles. The standard InChI is InChI=1S/C21H17BrF7NO/c22-16-9-12(4-6-15(16)21(27,28)29)11-2-1-3-13(8-11)19(31)30-18-7-5-14(10-17(18)23)20(24,25)26/h4-7,9-11,13H,1-3,8H2,(H,30,31). The number of alkyl halides is 6. The average molecular weight is 512 g/mol. The van der Waals surface area contributed by atoms with Crippen molar-refractivity contribution in [2.45, 2.75) is 44.0 Å². The summed E-state index contributed by atoms with van der Waals surface area (Å²) >= 11 is 2.94. The van der Waals surface area contributed by atoms with Crippen molar-refractivity contribution in [1.82, 2.24) is 0 Å². The van der Waals surface area contributed by atoms with Crippen LogP contribution in [0, 0.1) is 11.7 Å². The van der Waals surface area contributed by atoms with Gasteiger partial charge >= 0.3 is 12.4 Å². The first-order valence-electron chi connectivity index (χ1n) is 9.40. The molecular weight excluding hydrogens is 495 g/mol. The first-order valence-corrected chi connectivity index (χ1v) is 10.2. The lowest BCUT2D eigenvalue weighted by atomic mass is 9.77. The summed E-state index contributed by atoms with van der Waals surface area (Å²) in [5.41, 5.74) is -1.65. The van der Waals surface area contributed by atoms with E-state index in [0.717, 1.165) is 12.1 Å². The van der Waals surface area contributed by atoms with Gasteiger partial charge in [-0.15, -0.1) is 0 Å². The largest absolute Gasteiger partial charge is 0.417 e. The zero-order valence-electron chi connectivity index (χ0n) is 15.9. The predicted molar refractivity (Wildman–Crippen MR) is 104 cm³/mol. The van der Waals surface area contributed by atoms with Crippen LogP contribution in [0.4, 0.5) is 36.4 Å². The van der Waals surface area contributed by atoms with E-state index >= 15 is 0 Å². The maximum Gasteiger partial charge on any atom is 0.417 e. The summed E-state index contributed by atoms with van der Waals surface area (Å²) in [6.07, 6.45) is -7.04. The van der Waals surface area contributed by atoms with E-state index in [-0.39, 0.29) is 16.1 Å². The molecule has 168 valence electrons. The highest BCUT2D eigenvalue weighted by atomic mass is 79.9. The second kappa shape index (κ2) is 8.80. The van der Waals surface area contributed by atoms with Crippen molar-refractivity contribution >= 4 is 27.5 Å². The number of carbonyl (C=O) groups is 1. The highest BCUT2D eigenvalue weighted by Crippen LogP contribution is 2.41. The summed E-state index contributed by atoms with van der Waals surface area (Å²) in [4.78, 5) is 12.6. The van der Waals surface area contributed by atoms with E-state index in [0.29, 0.717) is 43.4 Å². The SMILES string of the molecule is O=C(Nc1ccc(C(F)(F)F)cc1F)C1CCCC(c2ccc(C(F)(F)F)c(Br)c2)C1. The van der Waals surface area contributed by atoms with Crippen molar-refractivity contribution in [1.29, 1.82) is 0 Å². The molecule has 1 aliphatic rings. The van der Waals surface area contributed by atoms with Crippen LogP contribution in [0.5, 0.6) is 0 Å². The van der Waals surface area contributed by atoms with Gasteiger partial charge in [0.15, 0.2) is 0 Å². The van der Waals surface area contributed by atoms with Crippen LogP contribution >= 0.6 is 15.9 Å². The van der Waals surface area contributed by atoms with Gasteiger partial charge in [0.1, 0.15) is 5.82 Å². The molecule has 0 radical (unpaired) electrons. The topological polar surface area (TPSA) is 29.1 Å². The number of hydrogen-bond donors (Lipinski definition) is 1. The Balaban J connectivity index is 1.71. The second-order valence-electron chi connectivity index (χ2n) is 7.48. The van der Waals surface area contributed by atoms with E-state index in [9.17, 15) is 35.5 Å². The molecule has 1 aliphatic carbocycles. The molecular formula is C21H17BrF7NO. The number of halogens is 8. The number of hydrogen-bond acceptors (Lipinski definition) is 1. The minimum atomic E-state index is -4.70. The Hall–Kier alpha value is -2.10. The third kappa shape index (κ3) is 5.58. The van der Waals surface area contributed by atoms with Crippen LogP contribution < -0.4 is 5.32 Å². The first-order chi connectivity index (χ1) is 14.4. The molecule has 3 rings (SSSR count).